The topological polar surface area (TPSA) is 74.6 Å². The maximum atomic E-state index is 12.9. The van der Waals surface area contributed by atoms with Crippen molar-refractivity contribution in [2.45, 2.75) is 52.7 Å². The molecule has 6 atom stereocenters. The summed E-state index contributed by atoms with van der Waals surface area (Å²) in [6.07, 6.45) is 3.76. The SMILES string of the molecule is CC1=C[C@@]2(C)[C@@H]([C@@H]3C(C)=C[C@]2(C)C(=O)[C@]3(C)O)[C@](C)(O)C1=O. The van der Waals surface area contributed by atoms with Crippen LogP contribution >= 0.6 is 0 Å². The fourth-order valence-corrected chi connectivity index (χ4v) is 5.58. The molecule has 0 aromatic heterocycles. The van der Waals surface area contributed by atoms with Crippen LogP contribution in [0.3, 0.4) is 0 Å². The summed E-state index contributed by atoms with van der Waals surface area (Å²) in [6, 6.07) is 0. The molecule has 1 saturated carbocycles. The van der Waals surface area contributed by atoms with Crippen LogP contribution in [0, 0.1) is 22.7 Å². The van der Waals surface area contributed by atoms with Gasteiger partial charge in [-0.05, 0) is 40.2 Å². The average molecular weight is 304 g/mol. The largest absolute Gasteiger partial charge is 0.382 e. The smallest absolute Gasteiger partial charge is 0.189 e. The number of hydrogen-bond donors (Lipinski definition) is 2. The minimum atomic E-state index is -1.60. The van der Waals surface area contributed by atoms with E-state index >= 15 is 0 Å². The van der Waals surface area contributed by atoms with Gasteiger partial charge in [0.1, 0.15) is 11.2 Å². The molecule has 2 bridgehead atoms. The van der Waals surface area contributed by atoms with Gasteiger partial charge in [0, 0.05) is 17.3 Å². The first-order valence-corrected chi connectivity index (χ1v) is 7.75. The number of hydrogen-bond acceptors (Lipinski definition) is 4. The molecule has 4 rings (SSSR count). The van der Waals surface area contributed by atoms with Gasteiger partial charge in [-0.25, -0.2) is 0 Å². The lowest BCUT2D eigenvalue weighted by atomic mass is 9.37. The van der Waals surface area contributed by atoms with E-state index in [-0.39, 0.29) is 11.6 Å². The van der Waals surface area contributed by atoms with E-state index in [2.05, 4.69) is 0 Å². The number of carbonyl (C=O) groups excluding carboxylic acids is 2. The molecule has 0 saturated heterocycles. The van der Waals surface area contributed by atoms with Crippen molar-refractivity contribution >= 4 is 11.6 Å². The second-order valence-electron chi connectivity index (χ2n) is 8.11. The molecular weight excluding hydrogens is 280 g/mol. The highest BCUT2D eigenvalue weighted by atomic mass is 16.3. The van der Waals surface area contributed by atoms with Gasteiger partial charge < -0.3 is 10.2 Å². The van der Waals surface area contributed by atoms with Crippen molar-refractivity contribution in [3.8, 4) is 0 Å². The molecule has 0 aliphatic heterocycles. The van der Waals surface area contributed by atoms with E-state index in [1.807, 2.05) is 32.9 Å². The summed E-state index contributed by atoms with van der Waals surface area (Å²) in [5.41, 5.74) is -3.45. The van der Waals surface area contributed by atoms with E-state index in [4.69, 9.17) is 0 Å². The first-order valence-electron chi connectivity index (χ1n) is 7.75. The van der Waals surface area contributed by atoms with E-state index in [9.17, 15) is 19.8 Å². The van der Waals surface area contributed by atoms with Gasteiger partial charge in [-0.15, -0.1) is 0 Å². The maximum Gasteiger partial charge on any atom is 0.189 e. The zero-order valence-electron chi connectivity index (χ0n) is 14.0. The van der Waals surface area contributed by atoms with Crippen LogP contribution in [0.15, 0.2) is 23.3 Å². The molecule has 0 aromatic carbocycles. The Morgan fingerprint density at radius 2 is 1.50 bits per heavy atom. The van der Waals surface area contributed by atoms with Crippen molar-refractivity contribution in [3.05, 3.63) is 23.3 Å². The first kappa shape index (κ1) is 15.6. The Balaban J connectivity index is 2.41. The molecule has 4 heteroatoms. The third-order valence-corrected chi connectivity index (χ3v) is 6.58. The Labute approximate surface area is 130 Å². The quantitative estimate of drug-likeness (QED) is 0.669. The van der Waals surface area contributed by atoms with Crippen LogP contribution in [0.2, 0.25) is 0 Å². The molecule has 1 fully saturated rings. The van der Waals surface area contributed by atoms with Gasteiger partial charge in [-0.3, -0.25) is 9.59 Å². The van der Waals surface area contributed by atoms with Crippen LogP contribution in [-0.2, 0) is 9.59 Å². The highest BCUT2D eigenvalue weighted by molar-refractivity contribution is 6.05. The monoisotopic (exact) mass is 304 g/mol. The lowest BCUT2D eigenvalue weighted by Crippen LogP contribution is -2.74. The van der Waals surface area contributed by atoms with Crippen molar-refractivity contribution in [3.63, 3.8) is 0 Å². The number of rotatable bonds is 0. The Morgan fingerprint density at radius 3 is 2.05 bits per heavy atom. The zero-order chi connectivity index (χ0) is 16.9. The number of allylic oxidation sites excluding steroid dienone is 2. The summed E-state index contributed by atoms with van der Waals surface area (Å²) in [4.78, 5) is 25.5. The molecule has 0 heterocycles. The van der Waals surface area contributed by atoms with E-state index in [0.29, 0.717) is 5.57 Å². The van der Waals surface area contributed by atoms with Gasteiger partial charge >= 0.3 is 0 Å². The zero-order valence-corrected chi connectivity index (χ0v) is 14.0. The molecule has 0 unspecified atom stereocenters. The minimum Gasteiger partial charge on any atom is -0.382 e. The predicted octanol–water partition coefficient (Wildman–Crippen LogP) is 1.80. The van der Waals surface area contributed by atoms with Crippen LogP contribution in [0.4, 0.5) is 0 Å². The number of aliphatic hydroxyl groups is 2. The van der Waals surface area contributed by atoms with Crippen molar-refractivity contribution in [2.24, 2.45) is 22.7 Å². The van der Waals surface area contributed by atoms with Crippen LogP contribution in [-0.4, -0.2) is 33.0 Å². The number of ketones is 2. The Kier molecular flexibility index (Phi) is 2.70. The summed E-state index contributed by atoms with van der Waals surface area (Å²) in [5.74, 6) is -1.64. The third kappa shape index (κ3) is 1.36. The molecule has 4 aliphatic carbocycles. The lowest BCUT2D eigenvalue weighted by Gasteiger charge is -2.66. The van der Waals surface area contributed by atoms with Gasteiger partial charge in [0.25, 0.3) is 0 Å². The van der Waals surface area contributed by atoms with E-state index < -0.39 is 33.9 Å². The Morgan fingerprint density at radius 1 is 0.955 bits per heavy atom. The first-order chi connectivity index (χ1) is 9.82. The molecule has 0 radical (unpaired) electrons. The van der Waals surface area contributed by atoms with E-state index in [1.165, 1.54) is 13.8 Å². The van der Waals surface area contributed by atoms with Crippen molar-refractivity contribution < 1.29 is 19.8 Å². The molecular formula is C18H24O4. The molecule has 120 valence electrons. The van der Waals surface area contributed by atoms with E-state index in [0.717, 1.165) is 5.57 Å². The molecule has 4 aliphatic rings. The average Bonchev–Trinajstić information content (AvgIpc) is 2.37. The molecule has 22 heavy (non-hydrogen) atoms. The summed E-state index contributed by atoms with van der Waals surface area (Å²) in [6.45, 7) is 10.3. The molecule has 2 N–H and O–H groups in total. The second kappa shape index (κ2) is 3.80. The highest BCUT2D eigenvalue weighted by Crippen LogP contribution is 2.67. The van der Waals surface area contributed by atoms with Crippen LogP contribution in [0.25, 0.3) is 0 Å². The maximum absolute atomic E-state index is 12.9. The summed E-state index contributed by atoms with van der Waals surface area (Å²) in [7, 11) is 0. The highest BCUT2D eigenvalue weighted by Gasteiger charge is 2.73. The fourth-order valence-electron chi connectivity index (χ4n) is 5.58. The van der Waals surface area contributed by atoms with Crippen molar-refractivity contribution in [2.75, 3.05) is 0 Å². The van der Waals surface area contributed by atoms with Gasteiger partial charge in [0.2, 0.25) is 0 Å². The van der Waals surface area contributed by atoms with Gasteiger partial charge in [0.05, 0.1) is 5.41 Å². The summed E-state index contributed by atoms with van der Waals surface area (Å²) in [5, 5.41) is 21.9. The molecule has 0 aromatic rings. The van der Waals surface area contributed by atoms with Gasteiger partial charge in [-0.1, -0.05) is 24.6 Å². The number of Topliss-reactive ketones (excluding diaryl/α,β-unsaturated/α-hetero) is 2. The minimum absolute atomic E-state index is 0.233. The summed E-state index contributed by atoms with van der Waals surface area (Å²) >= 11 is 0. The van der Waals surface area contributed by atoms with Crippen molar-refractivity contribution in [1.29, 1.82) is 0 Å². The lowest BCUT2D eigenvalue weighted by molar-refractivity contribution is -0.203. The number of fused-ring (bicyclic) bond motifs is 1. The van der Waals surface area contributed by atoms with E-state index in [1.54, 1.807) is 6.92 Å². The van der Waals surface area contributed by atoms with Crippen LogP contribution < -0.4 is 0 Å². The van der Waals surface area contributed by atoms with Crippen molar-refractivity contribution in [1.82, 2.24) is 0 Å². The third-order valence-electron chi connectivity index (χ3n) is 6.58. The van der Waals surface area contributed by atoms with Gasteiger partial charge in [-0.2, -0.15) is 0 Å². The van der Waals surface area contributed by atoms with Crippen LogP contribution in [0.5, 0.6) is 0 Å². The fraction of sp³-hybridized carbons (Fsp3) is 0.667. The second-order valence-corrected chi connectivity index (χ2v) is 8.11. The predicted molar refractivity (Wildman–Crippen MR) is 82.0 cm³/mol. The summed E-state index contributed by atoms with van der Waals surface area (Å²) < 4.78 is 0. The standard InChI is InChI=1S/C18H24O4/c1-9-7-16(4)14(20)17(5,21)11(9)12-15(16,3)8-10(2)13(19)18(12,6)22/h7-8,11-12,21-22H,1-6H3/t11-,12+,15-,16+,17+,18-/m0/s1. The molecule has 0 amide bonds. The number of carbonyl (C=O) groups is 2. The molecule has 4 nitrogen and oxygen atoms in total. The normalized spacial score (nSPS) is 54.0. The van der Waals surface area contributed by atoms with Gasteiger partial charge in [0.15, 0.2) is 11.6 Å². The van der Waals surface area contributed by atoms with Crippen LogP contribution in [0.1, 0.15) is 41.5 Å². The Hall–Kier alpha value is -1.26. The Bertz CT molecular complexity index is 667. The molecule has 0 spiro atoms.